The molecule has 0 aromatic heterocycles. The normalized spacial score (nSPS) is 14.2. The molecule has 1 heterocycles. The van der Waals surface area contributed by atoms with Crippen LogP contribution in [0.15, 0.2) is 41.3 Å². The number of nitrogens with one attached hydrogen (secondary N) is 2. The first-order valence-electron chi connectivity index (χ1n) is 9.55. The summed E-state index contributed by atoms with van der Waals surface area (Å²) < 4.78 is 37.0. The molecular formula is C21H24N2O6S. The smallest absolute Gasteiger partial charge is 0.262 e. The number of fused-ring (bicyclic) bond motifs is 1. The summed E-state index contributed by atoms with van der Waals surface area (Å²) in [5, 5.41) is 4.40. The highest BCUT2D eigenvalue weighted by molar-refractivity contribution is 7.92. The maximum atomic E-state index is 13.1. The second-order valence-electron chi connectivity index (χ2n) is 6.99. The Morgan fingerprint density at radius 1 is 1.30 bits per heavy atom. The third kappa shape index (κ3) is 4.56. The van der Waals surface area contributed by atoms with Crippen molar-refractivity contribution in [3.63, 3.8) is 0 Å². The Bertz CT molecular complexity index is 1080. The van der Waals surface area contributed by atoms with Crippen LogP contribution in [0.4, 0.5) is 11.4 Å². The molecule has 2 amide bonds. The van der Waals surface area contributed by atoms with E-state index >= 15 is 0 Å². The van der Waals surface area contributed by atoms with E-state index in [1.807, 2.05) is 6.92 Å². The van der Waals surface area contributed by atoms with Gasteiger partial charge in [0, 0.05) is 12.5 Å². The number of carbonyl (C=O) groups is 2. The number of anilines is 2. The van der Waals surface area contributed by atoms with Gasteiger partial charge in [-0.15, -0.1) is 0 Å². The summed E-state index contributed by atoms with van der Waals surface area (Å²) in [4.78, 5) is 24.0. The lowest BCUT2D eigenvalue weighted by Gasteiger charge is -2.21. The molecule has 1 unspecified atom stereocenters. The molecule has 9 heteroatoms. The van der Waals surface area contributed by atoms with Gasteiger partial charge in [-0.3, -0.25) is 9.59 Å². The van der Waals surface area contributed by atoms with E-state index in [9.17, 15) is 18.0 Å². The molecule has 0 aliphatic carbocycles. The SMILES string of the molecule is CCOc1ccccc1NC(=O)CC(C)S(=O)(=O)c1cc2c(cc1C)NC(=O)CO2. The highest BCUT2D eigenvalue weighted by Gasteiger charge is 2.30. The Morgan fingerprint density at radius 2 is 2.03 bits per heavy atom. The third-order valence-electron chi connectivity index (χ3n) is 4.68. The number of aryl methyl sites for hydroxylation is 1. The molecule has 30 heavy (non-hydrogen) atoms. The molecule has 1 atom stereocenters. The Balaban J connectivity index is 1.77. The van der Waals surface area contributed by atoms with Gasteiger partial charge >= 0.3 is 0 Å². The van der Waals surface area contributed by atoms with Gasteiger partial charge in [-0.25, -0.2) is 8.42 Å². The summed E-state index contributed by atoms with van der Waals surface area (Å²) in [6.07, 6.45) is -0.225. The van der Waals surface area contributed by atoms with Gasteiger partial charge in [-0.05, 0) is 44.5 Å². The maximum Gasteiger partial charge on any atom is 0.262 e. The summed E-state index contributed by atoms with van der Waals surface area (Å²) in [5.41, 5.74) is 1.39. The molecular weight excluding hydrogens is 408 g/mol. The summed E-state index contributed by atoms with van der Waals surface area (Å²) >= 11 is 0. The van der Waals surface area contributed by atoms with Crippen molar-refractivity contribution in [3.8, 4) is 11.5 Å². The molecule has 2 N–H and O–H groups in total. The van der Waals surface area contributed by atoms with Gasteiger partial charge in [-0.2, -0.15) is 0 Å². The minimum absolute atomic E-state index is 0.0763. The molecule has 8 nitrogen and oxygen atoms in total. The average Bonchev–Trinajstić information content (AvgIpc) is 2.68. The van der Waals surface area contributed by atoms with Crippen LogP contribution < -0.4 is 20.1 Å². The fourth-order valence-corrected chi connectivity index (χ4v) is 4.75. The zero-order chi connectivity index (χ0) is 21.9. The second kappa shape index (κ2) is 8.74. The number of benzene rings is 2. The van der Waals surface area contributed by atoms with Crippen molar-refractivity contribution < 1.29 is 27.5 Å². The van der Waals surface area contributed by atoms with E-state index in [4.69, 9.17) is 9.47 Å². The van der Waals surface area contributed by atoms with Crippen molar-refractivity contribution in [2.75, 3.05) is 23.8 Å². The molecule has 2 aromatic rings. The first kappa shape index (κ1) is 21.6. The Kier molecular flexibility index (Phi) is 6.31. The van der Waals surface area contributed by atoms with Crippen molar-refractivity contribution in [2.45, 2.75) is 37.3 Å². The molecule has 0 saturated carbocycles. The van der Waals surface area contributed by atoms with E-state index in [0.717, 1.165) is 0 Å². The van der Waals surface area contributed by atoms with E-state index in [0.29, 0.717) is 35.0 Å². The standard InChI is InChI=1S/C21H24N2O6S/c1-4-28-17-8-6-5-7-15(17)22-20(24)10-14(3)30(26,27)19-11-18-16(9-13(19)2)23-21(25)12-29-18/h5-9,11,14H,4,10,12H2,1-3H3,(H,22,24)(H,23,25). The Labute approximate surface area is 175 Å². The van der Waals surface area contributed by atoms with Crippen LogP contribution in [-0.4, -0.2) is 38.7 Å². The van der Waals surface area contributed by atoms with E-state index in [1.54, 1.807) is 37.3 Å². The summed E-state index contributed by atoms with van der Waals surface area (Å²) in [7, 11) is -3.81. The van der Waals surface area contributed by atoms with Crippen molar-refractivity contribution in [3.05, 3.63) is 42.0 Å². The lowest BCUT2D eigenvalue weighted by atomic mass is 10.2. The zero-order valence-corrected chi connectivity index (χ0v) is 17.8. The van der Waals surface area contributed by atoms with Crippen LogP contribution in [0, 0.1) is 6.92 Å². The van der Waals surface area contributed by atoms with E-state index < -0.39 is 21.0 Å². The summed E-state index contributed by atoms with van der Waals surface area (Å²) in [5.74, 6) is 0.0851. The summed E-state index contributed by atoms with van der Waals surface area (Å²) in [6, 6.07) is 9.93. The third-order valence-corrected chi connectivity index (χ3v) is 6.96. The molecule has 1 aliphatic heterocycles. The first-order valence-corrected chi connectivity index (χ1v) is 11.1. The van der Waals surface area contributed by atoms with Crippen LogP contribution in [0.3, 0.4) is 0 Å². The average molecular weight is 432 g/mol. The molecule has 1 aliphatic rings. The zero-order valence-electron chi connectivity index (χ0n) is 17.0. The van der Waals surface area contributed by atoms with Crippen LogP contribution in [0.5, 0.6) is 11.5 Å². The lowest BCUT2D eigenvalue weighted by Crippen LogP contribution is -2.27. The van der Waals surface area contributed by atoms with E-state index in [1.165, 1.54) is 13.0 Å². The number of rotatable bonds is 7. The van der Waals surface area contributed by atoms with Crippen molar-refractivity contribution >= 4 is 33.0 Å². The summed E-state index contributed by atoms with van der Waals surface area (Å²) in [6.45, 7) is 5.23. The Hall–Kier alpha value is -3.07. The van der Waals surface area contributed by atoms with E-state index in [2.05, 4.69) is 10.6 Å². The largest absolute Gasteiger partial charge is 0.492 e. The number of carbonyl (C=O) groups excluding carboxylic acids is 2. The number of hydrogen-bond acceptors (Lipinski definition) is 6. The molecule has 0 saturated heterocycles. The quantitative estimate of drug-likeness (QED) is 0.696. The van der Waals surface area contributed by atoms with Crippen LogP contribution in [0.1, 0.15) is 25.8 Å². The van der Waals surface area contributed by atoms with Gasteiger partial charge in [0.05, 0.1) is 28.1 Å². The van der Waals surface area contributed by atoms with Gasteiger partial charge in [0.25, 0.3) is 5.91 Å². The van der Waals surface area contributed by atoms with Gasteiger partial charge in [0.1, 0.15) is 11.5 Å². The van der Waals surface area contributed by atoms with E-state index in [-0.39, 0.29) is 23.8 Å². The molecule has 0 spiro atoms. The van der Waals surface area contributed by atoms with Crippen LogP contribution in [-0.2, 0) is 19.4 Å². The predicted octanol–water partition coefficient (Wildman–Crippen LogP) is 2.92. The topological polar surface area (TPSA) is 111 Å². The Morgan fingerprint density at radius 3 is 2.77 bits per heavy atom. The van der Waals surface area contributed by atoms with Gasteiger partial charge in [0.2, 0.25) is 5.91 Å². The molecule has 2 aromatic carbocycles. The molecule has 0 fully saturated rings. The number of amides is 2. The van der Waals surface area contributed by atoms with Crippen LogP contribution in [0.25, 0.3) is 0 Å². The number of ether oxygens (including phenoxy) is 2. The fourth-order valence-electron chi connectivity index (χ4n) is 3.16. The molecule has 0 radical (unpaired) electrons. The fraction of sp³-hybridized carbons (Fsp3) is 0.333. The predicted molar refractivity (Wildman–Crippen MR) is 113 cm³/mol. The van der Waals surface area contributed by atoms with Crippen molar-refractivity contribution in [1.29, 1.82) is 0 Å². The first-order chi connectivity index (χ1) is 14.2. The van der Waals surface area contributed by atoms with Gasteiger partial charge in [-0.1, -0.05) is 12.1 Å². The van der Waals surface area contributed by atoms with Crippen LogP contribution >= 0.6 is 0 Å². The minimum atomic E-state index is -3.81. The minimum Gasteiger partial charge on any atom is -0.492 e. The molecule has 0 bridgehead atoms. The van der Waals surface area contributed by atoms with Crippen molar-refractivity contribution in [1.82, 2.24) is 0 Å². The second-order valence-corrected chi connectivity index (χ2v) is 9.32. The highest BCUT2D eigenvalue weighted by Crippen LogP contribution is 2.34. The number of sulfone groups is 1. The van der Waals surface area contributed by atoms with Crippen LogP contribution in [0.2, 0.25) is 0 Å². The van der Waals surface area contributed by atoms with Gasteiger partial charge < -0.3 is 20.1 Å². The number of para-hydroxylation sites is 2. The maximum absolute atomic E-state index is 13.1. The van der Waals surface area contributed by atoms with Crippen molar-refractivity contribution in [2.24, 2.45) is 0 Å². The monoisotopic (exact) mass is 432 g/mol. The lowest BCUT2D eigenvalue weighted by molar-refractivity contribution is -0.118. The molecule has 3 rings (SSSR count). The molecule has 160 valence electrons. The number of hydrogen-bond donors (Lipinski definition) is 2. The van der Waals surface area contributed by atoms with Gasteiger partial charge in [0.15, 0.2) is 16.4 Å². The highest BCUT2D eigenvalue weighted by atomic mass is 32.2.